The second-order valence-corrected chi connectivity index (χ2v) is 9.71. The quantitative estimate of drug-likeness (QED) is 0.356. The van der Waals surface area contributed by atoms with Gasteiger partial charge in [0.15, 0.2) is 0 Å². The Morgan fingerprint density at radius 2 is 1.29 bits per heavy atom. The summed E-state index contributed by atoms with van der Waals surface area (Å²) in [5.41, 5.74) is 3.95. The van der Waals surface area contributed by atoms with Crippen molar-refractivity contribution in [2.75, 3.05) is 4.90 Å². The third kappa shape index (κ3) is 7.72. The molecule has 0 amide bonds. The minimum absolute atomic E-state index is 0.0627. The van der Waals surface area contributed by atoms with Crippen molar-refractivity contribution in [3.8, 4) is 0 Å². The van der Waals surface area contributed by atoms with Crippen LogP contribution < -0.4 is 4.90 Å². The van der Waals surface area contributed by atoms with Crippen LogP contribution in [0.1, 0.15) is 51.3 Å². The fraction of sp³-hybridized carbons (Fsp3) is 0.333. The van der Waals surface area contributed by atoms with Crippen molar-refractivity contribution < 1.29 is 47.4 Å². The van der Waals surface area contributed by atoms with Crippen LogP contribution in [0.25, 0.3) is 0 Å². The fourth-order valence-corrected chi connectivity index (χ4v) is 5.83. The van der Waals surface area contributed by atoms with Gasteiger partial charge in [-0.1, -0.05) is 0 Å². The van der Waals surface area contributed by atoms with Gasteiger partial charge in [0, 0.05) is 0 Å². The summed E-state index contributed by atoms with van der Waals surface area (Å²) < 4.78 is 45.6. The average molecular weight is 643 g/mol. The second kappa shape index (κ2) is 17.0. The molecular weight excluding hydrogens is 618 g/mol. The molecule has 1 saturated heterocycles. The third-order valence-corrected chi connectivity index (χ3v) is 7.70. The monoisotopic (exact) mass is 643 g/mol. The Labute approximate surface area is 217 Å². The van der Waals surface area contributed by atoms with Crippen molar-refractivity contribution >= 4 is 9.59 Å². The summed E-state index contributed by atoms with van der Waals surface area (Å²) in [5, 5.41) is 0. The molecule has 35 heavy (non-hydrogen) atoms. The van der Waals surface area contributed by atoms with Crippen LogP contribution in [0.2, 0.25) is 0 Å². The predicted octanol–water partition coefficient (Wildman–Crippen LogP) is 4.47. The van der Waals surface area contributed by atoms with E-state index in [1.807, 2.05) is 0 Å². The molecule has 180 valence electrons. The summed E-state index contributed by atoms with van der Waals surface area (Å²) >= 11 is 1.55. The number of benzene rings is 2. The first-order valence-electron chi connectivity index (χ1n) is 10.0. The van der Waals surface area contributed by atoms with Crippen LogP contribution in [0.4, 0.5) is 5.69 Å². The molecule has 0 unspecified atom stereocenters. The molecule has 2 heterocycles. The first-order valence-corrected chi connectivity index (χ1v) is 11.5. The molecule has 0 spiro atoms. The molecule has 0 saturated carbocycles. The summed E-state index contributed by atoms with van der Waals surface area (Å²) in [5.74, 6) is 0. The Morgan fingerprint density at radius 3 is 1.77 bits per heavy atom. The van der Waals surface area contributed by atoms with E-state index in [4.69, 9.17) is 28.0 Å². The van der Waals surface area contributed by atoms with E-state index in [0.717, 1.165) is 6.42 Å². The topological polar surface area (TPSA) is 112 Å². The van der Waals surface area contributed by atoms with E-state index < -0.39 is 0 Å². The van der Waals surface area contributed by atoms with E-state index in [-0.39, 0.29) is 17.2 Å². The van der Waals surface area contributed by atoms with E-state index >= 15 is 0 Å². The van der Waals surface area contributed by atoms with Crippen molar-refractivity contribution in [1.82, 2.24) is 0 Å². The zero-order chi connectivity index (χ0) is 27.8. The number of para-hydroxylation sites is 1. The Kier molecular flexibility index (Phi) is 16.8. The summed E-state index contributed by atoms with van der Waals surface area (Å²) in [6.07, 6.45) is 1.22. The van der Waals surface area contributed by atoms with Crippen molar-refractivity contribution in [2.24, 2.45) is 0 Å². The molecule has 7 nitrogen and oxygen atoms in total. The van der Waals surface area contributed by atoms with Gasteiger partial charge in [-0.2, -0.15) is 0 Å². The van der Waals surface area contributed by atoms with Crippen LogP contribution in [0.5, 0.6) is 0 Å². The van der Waals surface area contributed by atoms with Crippen LogP contribution in [-0.2, 0) is 47.4 Å². The fourth-order valence-electron chi connectivity index (χ4n) is 4.39. The predicted molar refractivity (Wildman–Crippen MR) is 120 cm³/mol. The molecule has 8 heteroatoms. The zero-order valence-corrected chi connectivity index (χ0v) is 22.8. The number of anilines is 1. The number of nitrogens with zero attached hydrogens (tertiary/aromatic N) is 1. The van der Waals surface area contributed by atoms with E-state index in [1.165, 1.54) is 20.7 Å². The minimum atomic E-state index is -0.144. The molecule has 2 aliphatic rings. The Bertz CT molecular complexity index is 1000. The van der Waals surface area contributed by atoms with Crippen LogP contribution in [0.3, 0.4) is 0 Å². The van der Waals surface area contributed by atoms with Gasteiger partial charge in [0.25, 0.3) is 0 Å². The summed E-state index contributed by atoms with van der Waals surface area (Å²) in [7, 11) is 0. The first kappa shape index (κ1) is 34.6. The van der Waals surface area contributed by atoms with Crippen LogP contribution >= 0.6 is 0 Å². The Morgan fingerprint density at radius 1 is 0.829 bits per heavy atom. The van der Waals surface area contributed by atoms with Gasteiger partial charge >= 0.3 is 218 Å². The number of fused-ring (bicyclic) bond motifs is 3. The molecule has 1 fully saturated rings. The first-order chi connectivity index (χ1) is 16.8. The number of hydrogen-bond donors (Lipinski definition) is 0. The van der Waals surface area contributed by atoms with Gasteiger partial charge in [-0.05, 0) is 0 Å². The molecule has 2 aromatic rings. The summed E-state index contributed by atoms with van der Waals surface area (Å²) in [6, 6.07) is 20.1. The number of rotatable bonds is 2. The molecule has 0 aromatic heterocycles. The zero-order valence-electron chi connectivity index (χ0n) is 19.9. The SMILES string of the molecule is CC(C)(C)O[C@H]1C[C@H](c2ccccc2)N2c3ccccc3[C](=[W])[C@@]12C.[C-]#[O+].[C-]#[O+].[C-]#[O+].[C-]#[O+].[C-]#[O+]. The van der Waals surface area contributed by atoms with Gasteiger partial charge in [0.2, 0.25) is 0 Å². The Balaban J connectivity index is 0. The molecule has 0 bridgehead atoms. The van der Waals surface area contributed by atoms with Crippen LogP contribution in [0.15, 0.2) is 54.6 Å². The molecule has 3 atom stereocenters. The normalized spacial score (nSPS) is 20.4. The third-order valence-electron chi connectivity index (χ3n) is 5.42. The van der Waals surface area contributed by atoms with Crippen molar-refractivity contribution in [1.29, 1.82) is 0 Å². The molecular formula is C27H25NO6W. The second-order valence-electron chi connectivity index (χ2n) is 8.24. The van der Waals surface area contributed by atoms with Crippen molar-refractivity contribution in [3.63, 3.8) is 0 Å². The van der Waals surface area contributed by atoms with Gasteiger partial charge in [-0.25, -0.2) is 0 Å². The maximum atomic E-state index is 7.50. The van der Waals surface area contributed by atoms with E-state index in [0.29, 0.717) is 6.04 Å². The van der Waals surface area contributed by atoms with Gasteiger partial charge < -0.3 is 0 Å². The standard InChI is InChI=1S/C22H25NO.5CO.W/c1-21(2,3)24-20-14-19(16-10-6-5-7-11-16)23-18-13-9-8-12-17(18)15-22(20,23)4;5*1-2;/h5-13,19-20H,14H2,1-4H3;;;;;;/t19-,20+,22+;;;;;;/m1....../s1. The molecule has 2 aliphatic heterocycles. The van der Waals surface area contributed by atoms with Gasteiger partial charge in [0.05, 0.1) is 0 Å². The van der Waals surface area contributed by atoms with Crippen molar-refractivity contribution in [2.45, 2.75) is 57.4 Å². The molecule has 0 aliphatic carbocycles. The molecule has 0 radical (unpaired) electrons. The molecule has 2 aromatic carbocycles. The number of ether oxygens (including phenoxy) is 1. The van der Waals surface area contributed by atoms with E-state index in [2.05, 4.69) is 120 Å². The molecule has 0 N–H and O–H groups in total. The summed E-state index contributed by atoms with van der Waals surface area (Å²) in [6.45, 7) is 31.4. The van der Waals surface area contributed by atoms with Crippen LogP contribution in [0, 0.1) is 33.3 Å². The average Bonchev–Trinajstić information content (AvgIpc) is 3.33. The molecule has 4 rings (SSSR count). The summed E-state index contributed by atoms with van der Waals surface area (Å²) in [4.78, 5) is 2.64. The van der Waals surface area contributed by atoms with E-state index in [9.17, 15) is 0 Å². The van der Waals surface area contributed by atoms with Crippen LogP contribution in [-0.4, -0.2) is 21.1 Å². The van der Waals surface area contributed by atoms with Gasteiger partial charge in [-0.3, -0.25) is 0 Å². The van der Waals surface area contributed by atoms with Gasteiger partial charge in [-0.15, -0.1) is 0 Å². The van der Waals surface area contributed by atoms with E-state index in [1.54, 1.807) is 19.4 Å². The van der Waals surface area contributed by atoms with Gasteiger partial charge in [0.1, 0.15) is 0 Å². The Hall–Kier alpha value is -2.54. The van der Waals surface area contributed by atoms with Crippen molar-refractivity contribution in [3.05, 3.63) is 99.0 Å². The maximum absolute atomic E-state index is 7.50. The number of hydrogen-bond acceptors (Lipinski definition) is 2.